The summed E-state index contributed by atoms with van der Waals surface area (Å²) < 4.78 is 106. The first-order valence-corrected chi connectivity index (χ1v) is 9.52. The van der Waals surface area contributed by atoms with Crippen LogP contribution in [0.3, 0.4) is 0 Å². The van der Waals surface area contributed by atoms with Crippen LogP contribution in [0.5, 0.6) is 11.5 Å². The van der Waals surface area contributed by atoms with Gasteiger partial charge in [-0.3, -0.25) is 0 Å². The lowest BCUT2D eigenvalue weighted by Crippen LogP contribution is -2.26. The predicted molar refractivity (Wildman–Crippen MR) is 103 cm³/mol. The van der Waals surface area contributed by atoms with Crippen molar-refractivity contribution < 1.29 is 40.2 Å². The molecule has 3 aromatic rings. The third kappa shape index (κ3) is 5.33. The first-order chi connectivity index (χ1) is 15.1. The number of rotatable bonds is 8. The van der Waals surface area contributed by atoms with E-state index in [4.69, 9.17) is 4.74 Å². The van der Waals surface area contributed by atoms with Gasteiger partial charge in [0.05, 0.1) is 13.0 Å². The standard InChI is InChI=1S/C23H17F7O2/c1-2-31-15-6-3-13(4-7-15)17-8-5-14(20(26)21(17)27)9-10-23(29,30)32-16-11-18(24)22(28)19(25)12-16/h3-8,11-12H,2,9-10H2,1H3. The Kier molecular flexibility index (Phi) is 6.96. The molecule has 9 heteroatoms. The number of alkyl halides is 2. The summed E-state index contributed by atoms with van der Waals surface area (Å²) in [6.07, 6.45) is -5.73. The fourth-order valence-corrected chi connectivity index (χ4v) is 3.00. The van der Waals surface area contributed by atoms with Crippen LogP contribution in [-0.4, -0.2) is 12.7 Å². The van der Waals surface area contributed by atoms with E-state index in [0.717, 1.165) is 6.07 Å². The number of hydrogen-bond acceptors (Lipinski definition) is 2. The van der Waals surface area contributed by atoms with Crippen LogP contribution < -0.4 is 9.47 Å². The van der Waals surface area contributed by atoms with Crippen LogP contribution in [-0.2, 0) is 6.42 Å². The molecule has 0 spiro atoms. The van der Waals surface area contributed by atoms with Crippen molar-refractivity contribution in [3.63, 3.8) is 0 Å². The Hall–Kier alpha value is -3.23. The lowest BCUT2D eigenvalue weighted by molar-refractivity contribution is -0.180. The van der Waals surface area contributed by atoms with E-state index in [-0.39, 0.29) is 23.3 Å². The Balaban J connectivity index is 1.73. The largest absolute Gasteiger partial charge is 0.494 e. The maximum absolute atomic E-state index is 14.5. The summed E-state index contributed by atoms with van der Waals surface area (Å²) in [4.78, 5) is 0. The SMILES string of the molecule is CCOc1ccc(-c2ccc(CCC(F)(F)Oc3cc(F)c(F)c(F)c3)c(F)c2F)cc1. The van der Waals surface area contributed by atoms with Gasteiger partial charge in [0.15, 0.2) is 29.1 Å². The lowest BCUT2D eigenvalue weighted by Gasteiger charge is -2.18. The second-order valence-corrected chi connectivity index (χ2v) is 6.80. The molecule has 0 aliphatic carbocycles. The van der Waals surface area contributed by atoms with Crippen molar-refractivity contribution >= 4 is 0 Å². The molecule has 0 aromatic heterocycles. The average Bonchev–Trinajstić information content (AvgIpc) is 2.74. The quantitative estimate of drug-likeness (QED) is 0.266. The fourth-order valence-electron chi connectivity index (χ4n) is 3.00. The first kappa shape index (κ1) is 23.4. The number of aryl methyl sites for hydroxylation is 1. The molecule has 3 aromatic carbocycles. The topological polar surface area (TPSA) is 18.5 Å². The molecule has 0 saturated carbocycles. The van der Waals surface area contributed by atoms with Crippen LogP contribution in [0.1, 0.15) is 18.9 Å². The van der Waals surface area contributed by atoms with Crippen molar-refractivity contribution in [1.29, 1.82) is 0 Å². The van der Waals surface area contributed by atoms with E-state index >= 15 is 0 Å². The molecule has 0 fully saturated rings. The third-order valence-electron chi connectivity index (χ3n) is 4.55. The van der Waals surface area contributed by atoms with Crippen molar-refractivity contribution in [3.05, 3.63) is 83.2 Å². The highest BCUT2D eigenvalue weighted by molar-refractivity contribution is 5.65. The zero-order chi connectivity index (χ0) is 23.5. The highest BCUT2D eigenvalue weighted by atomic mass is 19.3. The van der Waals surface area contributed by atoms with Gasteiger partial charge in [0.25, 0.3) is 0 Å². The van der Waals surface area contributed by atoms with Crippen molar-refractivity contribution in [3.8, 4) is 22.6 Å². The lowest BCUT2D eigenvalue weighted by atomic mass is 10.0. The number of ether oxygens (including phenoxy) is 2. The minimum absolute atomic E-state index is 0.0606. The van der Waals surface area contributed by atoms with Gasteiger partial charge in [-0.2, -0.15) is 8.78 Å². The number of hydrogen-bond donors (Lipinski definition) is 0. The Labute approximate surface area is 179 Å². The normalized spacial score (nSPS) is 11.5. The van der Waals surface area contributed by atoms with Crippen LogP contribution >= 0.6 is 0 Å². The smallest absolute Gasteiger partial charge is 0.398 e. The minimum atomic E-state index is -3.98. The summed E-state index contributed by atoms with van der Waals surface area (Å²) in [5.41, 5.74) is -0.0306. The van der Waals surface area contributed by atoms with E-state index in [2.05, 4.69) is 4.74 Å². The Morgan fingerprint density at radius 2 is 1.38 bits per heavy atom. The fraction of sp³-hybridized carbons (Fsp3) is 0.217. The predicted octanol–water partition coefficient (Wildman–Crippen LogP) is 7.05. The monoisotopic (exact) mass is 458 g/mol. The summed E-state index contributed by atoms with van der Waals surface area (Å²) >= 11 is 0. The highest BCUT2D eigenvalue weighted by Gasteiger charge is 2.32. The molecule has 0 atom stereocenters. The van der Waals surface area contributed by atoms with E-state index in [1.807, 2.05) is 0 Å². The molecule has 0 saturated heterocycles. The number of benzene rings is 3. The van der Waals surface area contributed by atoms with Crippen LogP contribution in [0.15, 0.2) is 48.5 Å². The van der Waals surface area contributed by atoms with Crippen molar-refractivity contribution in [2.45, 2.75) is 25.9 Å². The summed E-state index contributed by atoms with van der Waals surface area (Å²) in [5.74, 6) is -8.13. The highest BCUT2D eigenvalue weighted by Crippen LogP contribution is 2.31. The Morgan fingerprint density at radius 1 is 0.750 bits per heavy atom. The van der Waals surface area contributed by atoms with Gasteiger partial charge in [0, 0.05) is 17.7 Å². The second-order valence-electron chi connectivity index (χ2n) is 6.80. The van der Waals surface area contributed by atoms with Gasteiger partial charge in [-0.1, -0.05) is 24.3 Å². The van der Waals surface area contributed by atoms with E-state index in [0.29, 0.717) is 17.9 Å². The molecule has 170 valence electrons. The first-order valence-electron chi connectivity index (χ1n) is 9.52. The Morgan fingerprint density at radius 3 is 1.97 bits per heavy atom. The molecule has 2 nitrogen and oxygen atoms in total. The average molecular weight is 458 g/mol. The van der Waals surface area contributed by atoms with Crippen molar-refractivity contribution in [1.82, 2.24) is 0 Å². The molecule has 0 amide bonds. The van der Waals surface area contributed by atoms with Crippen LogP contribution in [0.2, 0.25) is 0 Å². The molecule has 0 aliphatic rings. The van der Waals surface area contributed by atoms with Gasteiger partial charge in [0.1, 0.15) is 11.5 Å². The van der Waals surface area contributed by atoms with E-state index < -0.39 is 53.8 Å². The zero-order valence-corrected chi connectivity index (χ0v) is 16.7. The number of halogens is 7. The van der Waals surface area contributed by atoms with E-state index in [1.165, 1.54) is 18.2 Å². The maximum Gasteiger partial charge on any atom is 0.398 e. The van der Waals surface area contributed by atoms with E-state index in [1.54, 1.807) is 19.1 Å². The van der Waals surface area contributed by atoms with Gasteiger partial charge in [-0.15, -0.1) is 0 Å². The molecule has 0 unspecified atom stereocenters. The van der Waals surface area contributed by atoms with Gasteiger partial charge < -0.3 is 9.47 Å². The van der Waals surface area contributed by atoms with Gasteiger partial charge >= 0.3 is 6.11 Å². The maximum atomic E-state index is 14.5. The molecular weight excluding hydrogens is 441 g/mol. The Bertz CT molecular complexity index is 1080. The zero-order valence-electron chi connectivity index (χ0n) is 16.7. The van der Waals surface area contributed by atoms with Gasteiger partial charge in [-0.25, -0.2) is 22.0 Å². The summed E-state index contributed by atoms with van der Waals surface area (Å²) in [5, 5.41) is 0. The van der Waals surface area contributed by atoms with Gasteiger partial charge in [0.2, 0.25) is 0 Å². The molecule has 0 N–H and O–H groups in total. The summed E-state index contributed by atoms with van der Waals surface area (Å²) in [6.45, 7) is 2.24. The molecule has 3 rings (SSSR count). The van der Waals surface area contributed by atoms with Crippen LogP contribution in [0.4, 0.5) is 30.7 Å². The third-order valence-corrected chi connectivity index (χ3v) is 4.55. The molecule has 0 aliphatic heterocycles. The molecule has 32 heavy (non-hydrogen) atoms. The molecule has 0 bridgehead atoms. The van der Waals surface area contributed by atoms with Gasteiger partial charge in [-0.05, 0) is 36.6 Å². The van der Waals surface area contributed by atoms with Crippen LogP contribution in [0.25, 0.3) is 11.1 Å². The second kappa shape index (κ2) is 9.50. The molecule has 0 radical (unpaired) electrons. The van der Waals surface area contributed by atoms with Crippen LogP contribution in [0, 0.1) is 29.1 Å². The minimum Gasteiger partial charge on any atom is -0.494 e. The van der Waals surface area contributed by atoms with E-state index in [9.17, 15) is 30.7 Å². The van der Waals surface area contributed by atoms with Crippen molar-refractivity contribution in [2.24, 2.45) is 0 Å². The summed E-state index contributed by atoms with van der Waals surface area (Å²) in [7, 11) is 0. The molecule has 0 heterocycles. The summed E-state index contributed by atoms with van der Waals surface area (Å²) in [6, 6.07) is 9.18. The van der Waals surface area contributed by atoms with Crippen molar-refractivity contribution in [2.75, 3.05) is 6.61 Å². The molecular formula is C23H17F7O2.